The number of carbonyl (C=O) groups excluding carboxylic acids is 1. The van der Waals surface area contributed by atoms with Crippen molar-refractivity contribution in [1.82, 2.24) is 9.80 Å². The van der Waals surface area contributed by atoms with Gasteiger partial charge in [-0.3, -0.25) is 9.69 Å². The summed E-state index contributed by atoms with van der Waals surface area (Å²) in [6.07, 6.45) is 1.67. The van der Waals surface area contributed by atoms with E-state index in [0.29, 0.717) is 24.9 Å². The first-order valence-electron chi connectivity index (χ1n) is 7.61. The van der Waals surface area contributed by atoms with Crippen LogP contribution in [0.3, 0.4) is 0 Å². The Morgan fingerprint density at radius 1 is 1.38 bits per heavy atom. The highest BCUT2D eigenvalue weighted by Crippen LogP contribution is 2.32. The van der Waals surface area contributed by atoms with Crippen LogP contribution in [-0.2, 0) is 4.79 Å². The molecule has 114 valence electrons. The number of amides is 1. The third-order valence-corrected chi connectivity index (χ3v) is 4.69. The van der Waals surface area contributed by atoms with Crippen LogP contribution in [0.4, 0.5) is 0 Å². The van der Waals surface area contributed by atoms with Gasteiger partial charge in [0.25, 0.3) is 0 Å². The minimum Gasteiger partial charge on any atom is -0.496 e. The molecule has 0 spiro atoms. The number of methoxy groups -OCH3 is 1. The zero-order valence-electron chi connectivity index (χ0n) is 12.5. The number of carbonyl (C=O) groups is 1. The first-order valence-corrected chi connectivity index (χ1v) is 7.61. The Balaban J connectivity index is 1.79. The summed E-state index contributed by atoms with van der Waals surface area (Å²) in [6, 6.07) is 8.57. The Kier molecular flexibility index (Phi) is 4.12. The number of ether oxygens (including phenoxy) is 1. The normalized spacial score (nSPS) is 24.0. The minimum atomic E-state index is 0.152. The van der Waals surface area contributed by atoms with Crippen LogP contribution in [0, 0.1) is 0 Å². The standard InChI is InChI=1S/C16H23N3O2/c1-21-15-5-3-2-4-13(15)14(10-17)18-8-9-19-12(11-18)6-7-16(19)20/h2-5,12,14H,6-11,17H2,1H3. The van der Waals surface area contributed by atoms with Crippen molar-refractivity contribution in [2.75, 3.05) is 33.3 Å². The second-order valence-corrected chi connectivity index (χ2v) is 5.77. The third-order valence-electron chi connectivity index (χ3n) is 4.69. The predicted octanol–water partition coefficient (Wildman–Crippen LogP) is 1.00. The molecular weight excluding hydrogens is 266 g/mol. The lowest BCUT2D eigenvalue weighted by Gasteiger charge is -2.41. The molecule has 2 saturated heterocycles. The number of rotatable bonds is 4. The molecule has 2 aliphatic rings. The molecule has 21 heavy (non-hydrogen) atoms. The van der Waals surface area contributed by atoms with E-state index in [1.54, 1.807) is 7.11 Å². The highest BCUT2D eigenvalue weighted by Gasteiger charge is 2.37. The van der Waals surface area contributed by atoms with E-state index in [-0.39, 0.29) is 6.04 Å². The Hall–Kier alpha value is -1.59. The maximum Gasteiger partial charge on any atom is 0.222 e. The Morgan fingerprint density at radius 3 is 2.95 bits per heavy atom. The van der Waals surface area contributed by atoms with E-state index >= 15 is 0 Å². The van der Waals surface area contributed by atoms with E-state index in [1.807, 2.05) is 23.1 Å². The number of piperazine rings is 1. The number of benzene rings is 1. The van der Waals surface area contributed by atoms with Gasteiger partial charge in [0.1, 0.15) is 5.75 Å². The molecule has 2 aliphatic heterocycles. The molecule has 2 unspecified atom stereocenters. The summed E-state index contributed by atoms with van der Waals surface area (Å²) in [5, 5.41) is 0. The molecule has 0 aromatic heterocycles. The summed E-state index contributed by atoms with van der Waals surface area (Å²) in [7, 11) is 1.69. The highest BCUT2D eigenvalue weighted by molar-refractivity contribution is 5.78. The van der Waals surface area contributed by atoms with Gasteiger partial charge in [-0.15, -0.1) is 0 Å². The largest absolute Gasteiger partial charge is 0.496 e. The third kappa shape index (κ3) is 2.63. The monoisotopic (exact) mass is 289 g/mol. The van der Waals surface area contributed by atoms with Crippen LogP contribution in [0.15, 0.2) is 24.3 Å². The van der Waals surface area contributed by atoms with Crippen LogP contribution < -0.4 is 10.5 Å². The molecule has 0 saturated carbocycles. The van der Waals surface area contributed by atoms with Gasteiger partial charge in [0.05, 0.1) is 13.2 Å². The SMILES string of the molecule is COc1ccccc1C(CN)N1CCN2C(=O)CCC2C1. The molecule has 2 N–H and O–H groups in total. The molecule has 1 aromatic rings. The van der Waals surface area contributed by atoms with Gasteiger partial charge in [-0.2, -0.15) is 0 Å². The van der Waals surface area contributed by atoms with Gasteiger partial charge in [0.15, 0.2) is 0 Å². The molecule has 5 nitrogen and oxygen atoms in total. The van der Waals surface area contributed by atoms with Crippen LogP contribution in [0.2, 0.25) is 0 Å². The molecule has 0 aliphatic carbocycles. The Morgan fingerprint density at radius 2 is 2.19 bits per heavy atom. The van der Waals surface area contributed by atoms with E-state index in [0.717, 1.165) is 37.4 Å². The maximum atomic E-state index is 11.8. The smallest absolute Gasteiger partial charge is 0.222 e. The number of para-hydroxylation sites is 1. The lowest BCUT2D eigenvalue weighted by Crippen LogP contribution is -2.53. The molecule has 2 heterocycles. The number of fused-ring (bicyclic) bond motifs is 1. The van der Waals surface area contributed by atoms with Crippen LogP contribution in [0.5, 0.6) is 5.75 Å². The van der Waals surface area contributed by atoms with Gasteiger partial charge in [0.2, 0.25) is 5.91 Å². The van der Waals surface area contributed by atoms with Crippen molar-refractivity contribution in [2.45, 2.75) is 24.9 Å². The summed E-state index contributed by atoms with van der Waals surface area (Å²) in [6.45, 7) is 3.16. The van der Waals surface area contributed by atoms with Crippen LogP contribution in [-0.4, -0.2) is 55.0 Å². The first-order chi connectivity index (χ1) is 10.2. The van der Waals surface area contributed by atoms with E-state index in [1.165, 1.54) is 0 Å². The second kappa shape index (κ2) is 6.03. The fraction of sp³-hybridized carbons (Fsp3) is 0.562. The van der Waals surface area contributed by atoms with Gasteiger partial charge in [-0.25, -0.2) is 0 Å². The summed E-state index contributed by atoms with van der Waals surface area (Å²) >= 11 is 0. The molecule has 1 aromatic carbocycles. The average Bonchev–Trinajstić information content (AvgIpc) is 2.89. The minimum absolute atomic E-state index is 0.152. The molecular formula is C16H23N3O2. The van der Waals surface area contributed by atoms with Crippen LogP contribution in [0.25, 0.3) is 0 Å². The van der Waals surface area contributed by atoms with Crippen molar-refractivity contribution in [3.05, 3.63) is 29.8 Å². The number of nitrogens with two attached hydrogens (primary N) is 1. The summed E-state index contributed by atoms with van der Waals surface area (Å²) < 4.78 is 5.48. The van der Waals surface area contributed by atoms with Gasteiger partial charge in [0, 0.05) is 44.2 Å². The zero-order chi connectivity index (χ0) is 14.8. The lowest BCUT2D eigenvalue weighted by atomic mass is 10.0. The molecule has 0 bridgehead atoms. The van der Waals surface area contributed by atoms with Crippen LogP contribution >= 0.6 is 0 Å². The summed E-state index contributed by atoms with van der Waals surface area (Å²) in [5.74, 6) is 1.19. The van der Waals surface area contributed by atoms with Crippen molar-refractivity contribution < 1.29 is 9.53 Å². The summed E-state index contributed by atoms with van der Waals surface area (Å²) in [4.78, 5) is 16.2. The topological polar surface area (TPSA) is 58.8 Å². The quantitative estimate of drug-likeness (QED) is 0.898. The fourth-order valence-corrected chi connectivity index (χ4v) is 3.59. The predicted molar refractivity (Wildman–Crippen MR) is 81.1 cm³/mol. The zero-order valence-corrected chi connectivity index (χ0v) is 12.5. The molecule has 2 fully saturated rings. The van der Waals surface area contributed by atoms with Gasteiger partial charge < -0.3 is 15.4 Å². The van der Waals surface area contributed by atoms with E-state index in [2.05, 4.69) is 11.0 Å². The molecule has 3 rings (SSSR count). The van der Waals surface area contributed by atoms with E-state index < -0.39 is 0 Å². The van der Waals surface area contributed by atoms with E-state index in [4.69, 9.17) is 10.5 Å². The Bertz CT molecular complexity index is 520. The maximum absolute atomic E-state index is 11.8. The second-order valence-electron chi connectivity index (χ2n) is 5.77. The first kappa shape index (κ1) is 14.4. The van der Waals surface area contributed by atoms with Crippen molar-refractivity contribution in [3.8, 4) is 5.75 Å². The van der Waals surface area contributed by atoms with E-state index in [9.17, 15) is 4.79 Å². The average molecular weight is 289 g/mol. The van der Waals surface area contributed by atoms with Crippen molar-refractivity contribution in [2.24, 2.45) is 5.73 Å². The Labute approximate surface area is 125 Å². The lowest BCUT2D eigenvalue weighted by molar-refractivity contribution is -0.131. The number of nitrogens with zero attached hydrogens (tertiary/aromatic N) is 2. The molecule has 2 atom stereocenters. The molecule has 0 radical (unpaired) electrons. The fourth-order valence-electron chi connectivity index (χ4n) is 3.59. The summed E-state index contributed by atoms with van der Waals surface area (Å²) in [5.41, 5.74) is 7.19. The van der Waals surface area contributed by atoms with Gasteiger partial charge in [-0.05, 0) is 12.5 Å². The van der Waals surface area contributed by atoms with Gasteiger partial charge in [-0.1, -0.05) is 18.2 Å². The van der Waals surface area contributed by atoms with Crippen molar-refractivity contribution in [1.29, 1.82) is 0 Å². The molecule has 1 amide bonds. The molecule has 5 heteroatoms. The van der Waals surface area contributed by atoms with Crippen molar-refractivity contribution >= 4 is 5.91 Å². The number of hydrogen-bond donors (Lipinski definition) is 1. The van der Waals surface area contributed by atoms with Gasteiger partial charge >= 0.3 is 0 Å². The van der Waals surface area contributed by atoms with Crippen molar-refractivity contribution in [3.63, 3.8) is 0 Å². The highest BCUT2D eigenvalue weighted by atomic mass is 16.5. The number of hydrogen-bond acceptors (Lipinski definition) is 4. The van der Waals surface area contributed by atoms with Crippen LogP contribution in [0.1, 0.15) is 24.4 Å².